The molecule has 5 aromatic rings. The second-order valence-electron chi connectivity index (χ2n) is 8.94. The van der Waals surface area contributed by atoms with E-state index in [-0.39, 0.29) is 11.1 Å². The van der Waals surface area contributed by atoms with Crippen LogP contribution in [0.25, 0.3) is 11.4 Å². The summed E-state index contributed by atoms with van der Waals surface area (Å²) in [5.74, 6) is -0.546. The molecule has 0 amide bonds. The number of aromatic nitrogens is 4. The molecule has 0 atom stereocenters. The van der Waals surface area contributed by atoms with Gasteiger partial charge in [-0.2, -0.15) is 0 Å². The highest BCUT2D eigenvalue weighted by Crippen LogP contribution is 2.34. The Balaban J connectivity index is 1.85. The topological polar surface area (TPSA) is 53.9 Å². The maximum absolute atomic E-state index is 14.1. The zero-order valence-corrected chi connectivity index (χ0v) is 22.2. The number of hydrogen-bond donors (Lipinski definition) is 0. The van der Waals surface area contributed by atoms with E-state index >= 15 is 0 Å². The Morgan fingerprint density at radius 1 is 0.639 bits per heavy atom. The van der Waals surface area contributed by atoms with Crippen molar-refractivity contribution in [2.45, 2.75) is 19.8 Å². The highest BCUT2D eigenvalue weighted by atomic mass is 79.9. The number of halogens is 1. The number of hydrogen-bond acceptors (Lipinski definition) is 2. The van der Waals surface area contributed by atoms with Crippen molar-refractivity contribution in [3.8, 4) is 11.4 Å². The van der Waals surface area contributed by atoms with E-state index in [4.69, 9.17) is 0 Å². The minimum atomic E-state index is -0.546. The lowest BCUT2D eigenvalue weighted by atomic mass is 9.85. The second kappa shape index (κ2) is 9.32. The molecular formula is C29H27BrN4O2. The van der Waals surface area contributed by atoms with Crippen molar-refractivity contribution in [2.75, 3.05) is 0 Å². The molecule has 0 saturated carbocycles. The molecule has 0 aliphatic rings. The van der Waals surface area contributed by atoms with Crippen molar-refractivity contribution >= 4 is 15.9 Å². The summed E-state index contributed by atoms with van der Waals surface area (Å²) >= 11 is 3.59. The quantitative estimate of drug-likeness (QED) is 0.305. The molecule has 7 heteroatoms. The summed E-state index contributed by atoms with van der Waals surface area (Å²) in [6, 6.07) is 27.0. The molecule has 0 fully saturated rings. The molecule has 6 nitrogen and oxygen atoms in total. The lowest BCUT2D eigenvalue weighted by Gasteiger charge is -2.16. The smallest absolute Gasteiger partial charge is 0.275 e. The number of benzene rings is 3. The lowest BCUT2D eigenvalue weighted by Crippen LogP contribution is -2.26. The van der Waals surface area contributed by atoms with Crippen LogP contribution in [0.2, 0.25) is 0 Å². The fourth-order valence-corrected chi connectivity index (χ4v) is 5.42. The predicted molar refractivity (Wildman–Crippen MR) is 147 cm³/mol. The minimum absolute atomic E-state index is 0.139. The van der Waals surface area contributed by atoms with Crippen LogP contribution in [0, 0.1) is 13.8 Å². The number of nitrogens with zero attached hydrogens (tertiary/aromatic N) is 4. The van der Waals surface area contributed by atoms with Gasteiger partial charge in [0, 0.05) is 35.9 Å². The zero-order chi connectivity index (χ0) is 25.6. The van der Waals surface area contributed by atoms with Crippen LogP contribution in [0.5, 0.6) is 0 Å². The third-order valence-electron chi connectivity index (χ3n) is 6.96. The van der Waals surface area contributed by atoms with E-state index in [0.717, 1.165) is 32.8 Å². The van der Waals surface area contributed by atoms with Gasteiger partial charge in [0.2, 0.25) is 0 Å². The number of para-hydroxylation sites is 2. The van der Waals surface area contributed by atoms with Crippen molar-refractivity contribution in [1.82, 2.24) is 18.7 Å². The first-order valence-corrected chi connectivity index (χ1v) is 12.5. The van der Waals surface area contributed by atoms with Crippen LogP contribution in [0.1, 0.15) is 34.0 Å². The van der Waals surface area contributed by atoms with Gasteiger partial charge in [0.25, 0.3) is 11.1 Å². The maximum atomic E-state index is 14.1. The molecule has 5 rings (SSSR count). The maximum Gasteiger partial charge on any atom is 0.275 e. The van der Waals surface area contributed by atoms with Crippen LogP contribution in [0.15, 0.2) is 99.0 Å². The van der Waals surface area contributed by atoms with Crippen molar-refractivity contribution in [3.05, 3.63) is 138 Å². The summed E-state index contributed by atoms with van der Waals surface area (Å²) in [6.07, 6.45) is 0. The van der Waals surface area contributed by atoms with Crippen LogP contribution in [-0.2, 0) is 14.1 Å². The first-order chi connectivity index (χ1) is 17.3. The van der Waals surface area contributed by atoms with E-state index in [2.05, 4.69) is 15.9 Å². The van der Waals surface area contributed by atoms with Crippen LogP contribution in [0.3, 0.4) is 0 Å². The summed E-state index contributed by atoms with van der Waals surface area (Å²) < 4.78 is 7.96. The minimum Gasteiger partial charge on any atom is -0.285 e. The third kappa shape index (κ3) is 3.80. The van der Waals surface area contributed by atoms with E-state index in [1.165, 1.54) is 0 Å². The fourth-order valence-electron chi connectivity index (χ4n) is 5.01. The predicted octanol–water partition coefficient (Wildman–Crippen LogP) is 5.22. The second-order valence-corrected chi connectivity index (χ2v) is 9.85. The standard InChI is InChI=1S/C29H27BrN4O2/c1-19-25(28(35)33(31(19)3)23-14-7-5-8-15-23)27(21-12-11-13-22(30)18-21)26-20(2)32(4)34(29(26)36)24-16-9-6-10-17-24/h5-18,27H,1-4H3. The Morgan fingerprint density at radius 2 is 1.08 bits per heavy atom. The number of rotatable bonds is 5. The highest BCUT2D eigenvalue weighted by molar-refractivity contribution is 9.10. The summed E-state index contributed by atoms with van der Waals surface area (Å²) in [6.45, 7) is 3.88. The molecule has 3 aromatic carbocycles. The van der Waals surface area contributed by atoms with Crippen LogP contribution < -0.4 is 11.1 Å². The SMILES string of the molecule is Cc1c(C(c2cccc(Br)c2)c2c(C)n(C)n(-c3ccccc3)c2=O)c(=O)n(-c2ccccc2)n1C. The highest BCUT2D eigenvalue weighted by Gasteiger charge is 2.32. The Bertz CT molecular complexity index is 1570. The largest absolute Gasteiger partial charge is 0.285 e. The van der Waals surface area contributed by atoms with Gasteiger partial charge in [0.15, 0.2) is 0 Å². The van der Waals surface area contributed by atoms with Gasteiger partial charge in [-0.05, 0) is 55.8 Å². The van der Waals surface area contributed by atoms with Crippen molar-refractivity contribution in [2.24, 2.45) is 14.1 Å². The molecule has 2 aromatic heterocycles. The van der Waals surface area contributed by atoms with Gasteiger partial charge >= 0.3 is 0 Å². The van der Waals surface area contributed by atoms with Crippen LogP contribution >= 0.6 is 15.9 Å². The Labute approximate surface area is 217 Å². The molecular weight excluding hydrogens is 516 g/mol. The molecule has 0 N–H and O–H groups in total. The van der Waals surface area contributed by atoms with Crippen molar-refractivity contribution < 1.29 is 0 Å². The fraction of sp³-hybridized carbons (Fsp3) is 0.172. The first-order valence-electron chi connectivity index (χ1n) is 11.7. The summed E-state index contributed by atoms with van der Waals surface area (Å²) in [5.41, 5.74) is 4.95. The third-order valence-corrected chi connectivity index (χ3v) is 7.45. The Kier molecular flexibility index (Phi) is 6.18. The lowest BCUT2D eigenvalue weighted by molar-refractivity contribution is 0.630. The molecule has 0 spiro atoms. The van der Waals surface area contributed by atoms with E-state index in [1.807, 2.05) is 122 Å². The molecule has 0 radical (unpaired) electrons. The average Bonchev–Trinajstić information content (AvgIpc) is 3.24. The Hall–Kier alpha value is -3.84. The Morgan fingerprint density at radius 3 is 1.50 bits per heavy atom. The van der Waals surface area contributed by atoms with Crippen molar-refractivity contribution in [1.29, 1.82) is 0 Å². The first kappa shape index (κ1) is 23.9. The average molecular weight is 543 g/mol. The van der Waals surface area contributed by atoms with E-state index in [1.54, 1.807) is 9.36 Å². The van der Waals surface area contributed by atoms with E-state index in [9.17, 15) is 9.59 Å². The van der Waals surface area contributed by atoms with Gasteiger partial charge in [0.1, 0.15) is 0 Å². The molecule has 0 aliphatic carbocycles. The van der Waals surface area contributed by atoms with Crippen molar-refractivity contribution in [3.63, 3.8) is 0 Å². The monoisotopic (exact) mass is 542 g/mol. The van der Waals surface area contributed by atoms with E-state index in [0.29, 0.717) is 11.1 Å². The molecule has 0 unspecified atom stereocenters. The molecule has 36 heavy (non-hydrogen) atoms. The molecule has 0 aliphatic heterocycles. The van der Waals surface area contributed by atoms with Gasteiger partial charge in [-0.25, -0.2) is 9.36 Å². The molecule has 0 saturated heterocycles. The van der Waals surface area contributed by atoms with Crippen LogP contribution in [-0.4, -0.2) is 18.7 Å². The van der Waals surface area contributed by atoms with Crippen LogP contribution in [0.4, 0.5) is 0 Å². The van der Waals surface area contributed by atoms with Gasteiger partial charge < -0.3 is 0 Å². The molecule has 2 heterocycles. The van der Waals surface area contributed by atoms with Gasteiger partial charge in [0.05, 0.1) is 22.5 Å². The molecule has 182 valence electrons. The normalized spacial score (nSPS) is 11.4. The summed E-state index contributed by atoms with van der Waals surface area (Å²) in [4.78, 5) is 28.2. The summed E-state index contributed by atoms with van der Waals surface area (Å²) in [5, 5.41) is 0. The molecule has 0 bridgehead atoms. The summed E-state index contributed by atoms with van der Waals surface area (Å²) in [7, 11) is 3.76. The van der Waals surface area contributed by atoms with Gasteiger partial charge in [-0.3, -0.25) is 19.0 Å². The van der Waals surface area contributed by atoms with E-state index < -0.39 is 5.92 Å². The van der Waals surface area contributed by atoms with Gasteiger partial charge in [-0.1, -0.05) is 64.5 Å². The van der Waals surface area contributed by atoms with Gasteiger partial charge in [-0.15, -0.1) is 0 Å². The zero-order valence-electron chi connectivity index (χ0n) is 20.6.